The highest BCUT2D eigenvalue weighted by Gasteiger charge is 2.38. The van der Waals surface area contributed by atoms with Crippen LogP contribution in [0.4, 0.5) is 13.2 Å². The summed E-state index contributed by atoms with van der Waals surface area (Å²) in [5, 5.41) is 7.12. The topological polar surface area (TPSA) is 118 Å². The molecule has 0 unspecified atom stereocenters. The molecule has 6 nitrogen and oxygen atoms in total. The molecular formula is C9H16F3NO5S. The molecule has 0 amide bonds. The summed E-state index contributed by atoms with van der Waals surface area (Å²) in [5.41, 5.74) is 5.65. The molecule has 0 bridgehead atoms. The fourth-order valence-corrected chi connectivity index (χ4v) is 2.58. The molecular weight excluding hydrogens is 291 g/mol. The van der Waals surface area contributed by atoms with E-state index in [-0.39, 0.29) is 17.7 Å². The molecule has 1 aliphatic rings. The van der Waals surface area contributed by atoms with Crippen molar-refractivity contribution in [2.45, 2.75) is 37.9 Å². The molecule has 1 rings (SSSR count). The fourth-order valence-electron chi connectivity index (χ4n) is 1.65. The van der Waals surface area contributed by atoms with Crippen LogP contribution in [0.2, 0.25) is 0 Å². The van der Waals surface area contributed by atoms with E-state index in [0.717, 1.165) is 25.7 Å². The van der Waals surface area contributed by atoms with Gasteiger partial charge in [-0.1, -0.05) is 0 Å². The molecule has 0 aromatic carbocycles. The molecule has 19 heavy (non-hydrogen) atoms. The van der Waals surface area contributed by atoms with E-state index in [0.29, 0.717) is 0 Å². The van der Waals surface area contributed by atoms with Crippen LogP contribution in [0.15, 0.2) is 0 Å². The third-order valence-corrected chi connectivity index (χ3v) is 3.47. The first-order chi connectivity index (χ1) is 8.42. The van der Waals surface area contributed by atoms with Crippen LogP contribution in [0.5, 0.6) is 0 Å². The zero-order chi connectivity index (χ0) is 15.3. The molecule has 114 valence electrons. The van der Waals surface area contributed by atoms with E-state index in [1.54, 1.807) is 0 Å². The van der Waals surface area contributed by atoms with Gasteiger partial charge >= 0.3 is 12.1 Å². The Kier molecular flexibility index (Phi) is 6.73. The van der Waals surface area contributed by atoms with Gasteiger partial charge in [-0.05, 0) is 31.6 Å². The van der Waals surface area contributed by atoms with Gasteiger partial charge in [0.05, 0.1) is 5.75 Å². The van der Waals surface area contributed by atoms with Gasteiger partial charge in [-0.2, -0.15) is 21.6 Å². The average Bonchev–Trinajstić information content (AvgIpc) is 2.19. The summed E-state index contributed by atoms with van der Waals surface area (Å²) >= 11 is 0. The molecule has 0 heterocycles. The predicted molar refractivity (Wildman–Crippen MR) is 60.0 cm³/mol. The van der Waals surface area contributed by atoms with Gasteiger partial charge in [0.25, 0.3) is 10.1 Å². The molecule has 1 fully saturated rings. The lowest BCUT2D eigenvalue weighted by atomic mass is 9.88. The summed E-state index contributed by atoms with van der Waals surface area (Å²) in [6.45, 7) is 0. The normalized spacial score (nSPS) is 24.3. The minimum absolute atomic E-state index is 0.0975. The van der Waals surface area contributed by atoms with E-state index in [1.165, 1.54) is 0 Å². The highest BCUT2D eigenvalue weighted by Crippen LogP contribution is 2.23. The first kappa shape index (κ1) is 18.1. The number of hydrogen-bond acceptors (Lipinski definition) is 4. The van der Waals surface area contributed by atoms with Crippen molar-refractivity contribution < 1.29 is 36.0 Å². The molecule has 0 aromatic rings. The fraction of sp³-hybridized carbons (Fsp3) is 0.889. The maximum absolute atomic E-state index is 10.6. The van der Waals surface area contributed by atoms with Gasteiger partial charge in [-0.15, -0.1) is 0 Å². The van der Waals surface area contributed by atoms with Gasteiger partial charge in [0.15, 0.2) is 0 Å². The Morgan fingerprint density at radius 2 is 1.58 bits per heavy atom. The summed E-state index contributed by atoms with van der Waals surface area (Å²) in [4.78, 5) is 8.90. The Balaban J connectivity index is 0.000000399. The molecule has 0 spiro atoms. The van der Waals surface area contributed by atoms with Crippen LogP contribution in [0.3, 0.4) is 0 Å². The van der Waals surface area contributed by atoms with E-state index >= 15 is 0 Å². The van der Waals surface area contributed by atoms with Crippen molar-refractivity contribution in [3.8, 4) is 0 Å². The molecule has 0 aromatic heterocycles. The highest BCUT2D eigenvalue weighted by atomic mass is 32.2. The molecule has 0 saturated heterocycles. The van der Waals surface area contributed by atoms with Crippen LogP contribution >= 0.6 is 0 Å². The zero-order valence-electron chi connectivity index (χ0n) is 9.93. The first-order valence-corrected chi connectivity index (χ1v) is 7.03. The molecule has 0 atom stereocenters. The molecule has 10 heteroatoms. The number of nitrogens with two attached hydrogens (primary N) is 1. The number of halogens is 3. The minimum Gasteiger partial charge on any atom is -0.475 e. The number of hydrogen-bond donors (Lipinski definition) is 3. The van der Waals surface area contributed by atoms with Gasteiger partial charge in [0, 0.05) is 6.04 Å². The Labute approximate surface area is 108 Å². The average molecular weight is 307 g/mol. The Morgan fingerprint density at radius 3 is 1.84 bits per heavy atom. The summed E-state index contributed by atoms with van der Waals surface area (Å²) in [7, 11) is -3.78. The highest BCUT2D eigenvalue weighted by molar-refractivity contribution is 7.85. The summed E-state index contributed by atoms with van der Waals surface area (Å²) in [6.07, 6.45) is -1.69. The molecule has 1 aliphatic carbocycles. The summed E-state index contributed by atoms with van der Waals surface area (Å²) in [6, 6.07) is 0.225. The number of aliphatic carboxylic acids is 1. The molecule has 0 radical (unpaired) electrons. The number of carboxylic acids is 1. The quantitative estimate of drug-likeness (QED) is 0.656. The van der Waals surface area contributed by atoms with E-state index in [2.05, 4.69) is 0 Å². The second-order valence-corrected chi connectivity index (χ2v) is 5.83. The maximum atomic E-state index is 10.6. The van der Waals surface area contributed by atoms with E-state index < -0.39 is 22.3 Å². The lowest BCUT2D eigenvalue weighted by Crippen LogP contribution is -2.29. The monoisotopic (exact) mass is 307 g/mol. The first-order valence-electron chi connectivity index (χ1n) is 5.42. The van der Waals surface area contributed by atoms with Crippen LogP contribution < -0.4 is 5.73 Å². The predicted octanol–water partition coefficient (Wildman–Crippen LogP) is 1.02. The van der Waals surface area contributed by atoms with Crippen molar-refractivity contribution in [1.82, 2.24) is 0 Å². The van der Waals surface area contributed by atoms with Gasteiger partial charge in [0.2, 0.25) is 0 Å². The Hall–Kier alpha value is -0.870. The Morgan fingerprint density at radius 1 is 1.21 bits per heavy atom. The van der Waals surface area contributed by atoms with Crippen molar-refractivity contribution >= 4 is 16.1 Å². The lowest BCUT2D eigenvalue weighted by molar-refractivity contribution is -0.192. The van der Waals surface area contributed by atoms with Crippen molar-refractivity contribution in [1.29, 1.82) is 0 Å². The lowest BCUT2D eigenvalue weighted by Gasteiger charge is -2.24. The second kappa shape index (κ2) is 7.06. The van der Waals surface area contributed by atoms with Gasteiger partial charge in [-0.3, -0.25) is 4.55 Å². The van der Waals surface area contributed by atoms with E-state index in [1.807, 2.05) is 0 Å². The molecule has 1 saturated carbocycles. The summed E-state index contributed by atoms with van der Waals surface area (Å²) in [5.74, 6) is -2.74. The number of carbonyl (C=O) groups is 1. The third-order valence-electron chi connectivity index (χ3n) is 2.58. The molecule has 0 aliphatic heterocycles. The van der Waals surface area contributed by atoms with Gasteiger partial charge in [0.1, 0.15) is 0 Å². The van der Waals surface area contributed by atoms with Crippen molar-refractivity contribution in [2.75, 3.05) is 5.75 Å². The molecule has 4 N–H and O–H groups in total. The summed E-state index contributed by atoms with van der Waals surface area (Å²) < 4.78 is 61.3. The van der Waals surface area contributed by atoms with E-state index in [9.17, 15) is 21.6 Å². The van der Waals surface area contributed by atoms with Crippen molar-refractivity contribution in [2.24, 2.45) is 11.7 Å². The minimum atomic E-state index is -5.08. The van der Waals surface area contributed by atoms with Gasteiger partial charge < -0.3 is 10.8 Å². The number of carboxylic acid groups (broad SMARTS) is 1. The van der Waals surface area contributed by atoms with Crippen LogP contribution in [-0.4, -0.2) is 42.0 Å². The SMILES string of the molecule is NC1CCC(CS(=O)(=O)O)CC1.O=C(O)C(F)(F)F. The largest absolute Gasteiger partial charge is 0.490 e. The zero-order valence-corrected chi connectivity index (χ0v) is 10.7. The second-order valence-electron chi connectivity index (χ2n) is 4.33. The smallest absolute Gasteiger partial charge is 0.475 e. The van der Waals surface area contributed by atoms with Crippen LogP contribution in [-0.2, 0) is 14.9 Å². The van der Waals surface area contributed by atoms with Crippen LogP contribution in [0, 0.1) is 5.92 Å². The van der Waals surface area contributed by atoms with Crippen LogP contribution in [0.1, 0.15) is 25.7 Å². The Bertz CT molecular complexity index is 387. The van der Waals surface area contributed by atoms with Crippen molar-refractivity contribution in [3.63, 3.8) is 0 Å². The standard InChI is InChI=1S/C7H15NO3S.C2HF3O2/c8-7-3-1-6(2-4-7)5-12(9,10)11;3-2(4,5)1(6)7/h6-7H,1-5,8H2,(H,9,10,11);(H,6,7). The third kappa shape index (κ3) is 9.68. The maximum Gasteiger partial charge on any atom is 0.490 e. The number of alkyl halides is 3. The van der Waals surface area contributed by atoms with Crippen molar-refractivity contribution in [3.05, 3.63) is 0 Å². The number of rotatable bonds is 2. The van der Waals surface area contributed by atoms with E-state index in [4.69, 9.17) is 20.2 Å². The van der Waals surface area contributed by atoms with Gasteiger partial charge in [-0.25, -0.2) is 4.79 Å². The van der Waals surface area contributed by atoms with Crippen LogP contribution in [0.25, 0.3) is 0 Å².